The Labute approximate surface area is 114 Å². The second-order valence-electron chi connectivity index (χ2n) is 3.54. The lowest BCUT2D eigenvalue weighted by atomic mass is 10.5. The van der Waals surface area contributed by atoms with Gasteiger partial charge in [0.2, 0.25) is 0 Å². The quantitative estimate of drug-likeness (QED) is 0.272. The summed E-state index contributed by atoms with van der Waals surface area (Å²) in [7, 11) is 0. The van der Waals surface area contributed by atoms with Gasteiger partial charge >= 0.3 is 0 Å². The molecule has 0 aliphatic carbocycles. The van der Waals surface area contributed by atoms with Crippen molar-refractivity contribution in [1.82, 2.24) is 0 Å². The van der Waals surface area contributed by atoms with Crippen molar-refractivity contribution in [3.63, 3.8) is 0 Å². The van der Waals surface area contributed by atoms with Crippen LogP contribution in [0.1, 0.15) is 20.8 Å². The van der Waals surface area contributed by atoms with Crippen LogP contribution in [-0.2, 0) is 0 Å². The van der Waals surface area contributed by atoms with Gasteiger partial charge in [-0.3, -0.25) is 0 Å². The minimum atomic E-state index is -0.560. The van der Waals surface area contributed by atoms with E-state index in [2.05, 4.69) is 0 Å². The Morgan fingerprint density at radius 1 is 0.526 bits per heavy atom. The van der Waals surface area contributed by atoms with Crippen LogP contribution < -0.4 is 0 Å². The van der Waals surface area contributed by atoms with Gasteiger partial charge in [0.1, 0.15) is 0 Å². The summed E-state index contributed by atoms with van der Waals surface area (Å²) in [5.74, 6) is 0. The van der Waals surface area contributed by atoms with Crippen molar-refractivity contribution in [3.8, 4) is 0 Å². The minimum Gasteiger partial charge on any atom is -0.394 e. The van der Waals surface area contributed by atoms with Crippen molar-refractivity contribution < 1.29 is 40.9 Å². The highest BCUT2D eigenvalue weighted by atomic mass is 16.3. The zero-order valence-corrected chi connectivity index (χ0v) is 11.8. The molecule has 0 amide bonds. The van der Waals surface area contributed by atoms with Crippen LogP contribution in [0.4, 0.5) is 0 Å². The van der Waals surface area contributed by atoms with Gasteiger partial charge in [-0.2, -0.15) is 0 Å². The average Bonchev–Trinajstić information content (AvgIpc) is 2.40. The van der Waals surface area contributed by atoms with Gasteiger partial charge in [-0.05, 0) is 20.8 Å². The molecule has 0 saturated carbocycles. The molecular formula is C11H30O8. The molecule has 0 bridgehead atoms. The fourth-order valence-electron chi connectivity index (χ4n) is 0. The molecule has 0 saturated heterocycles. The lowest BCUT2D eigenvalue weighted by Gasteiger charge is -1.90. The van der Waals surface area contributed by atoms with E-state index in [1.807, 2.05) is 0 Å². The van der Waals surface area contributed by atoms with Crippen LogP contribution in [0, 0.1) is 0 Å². The van der Waals surface area contributed by atoms with Crippen molar-refractivity contribution in [2.45, 2.75) is 39.1 Å². The van der Waals surface area contributed by atoms with Crippen LogP contribution in [0.2, 0.25) is 0 Å². The molecular weight excluding hydrogens is 260 g/mol. The molecule has 3 atom stereocenters. The van der Waals surface area contributed by atoms with Crippen LogP contribution in [-0.4, -0.2) is 92.2 Å². The van der Waals surface area contributed by atoms with Gasteiger partial charge in [0.25, 0.3) is 0 Å². The maximum absolute atomic E-state index is 8.11. The Morgan fingerprint density at radius 3 is 0.632 bits per heavy atom. The van der Waals surface area contributed by atoms with Gasteiger partial charge < -0.3 is 40.9 Å². The maximum Gasteiger partial charge on any atom is 0.0742 e. The monoisotopic (exact) mass is 290 g/mol. The minimum absolute atomic E-state index is 0.125. The molecule has 8 N–H and O–H groups in total. The summed E-state index contributed by atoms with van der Waals surface area (Å²) < 4.78 is 0. The SMILES string of the molecule is CC(O)CO.CC(O)CO.CC(O)CO.OCCO. The molecule has 0 rings (SSSR count). The Hall–Kier alpha value is -0.320. The van der Waals surface area contributed by atoms with E-state index in [-0.39, 0.29) is 33.0 Å². The summed E-state index contributed by atoms with van der Waals surface area (Å²) in [5.41, 5.74) is 0. The Balaban J connectivity index is -0.0000000793. The molecule has 8 heteroatoms. The molecule has 3 unspecified atom stereocenters. The van der Waals surface area contributed by atoms with Gasteiger partial charge in [-0.1, -0.05) is 0 Å². The van der Waals surface area contributed by atoms with Crippen molar-refractivity contribution in [1.29, 1.82) is 0 Å². The largest absolute Gasteiger partial charge is 0.394 e. The predicted molar refractivity (Wildman–Crippen MR) is 70.5 cm³/mol. The van der Waals surface area contributed by atoms with Gasteiger partial charge in [0.05, 0.1) is 51.3 Å². The normalized spacial score (nSPS) is 13.4. The van der Waals surface area contributed by atoms with E-state index in [0.29, 0.717) is 0 Å². The highest BCUT2D eigenvalue weighted by molar-refractivity contribution is 4.34. The molecule has 0 heterocycles. The van der Waals surface area contributed by atoms with E-state index in [9.17, 15) is 0 Å². The highest BCUT2D eigenvalue weighted by Gasteiger charge is 1.84. The third kappa shape index (κ3) is 97.4. The number of hydrogen-bond donors (Lipinski definition) is 8. The second kappa shape index (κ2) is 26.3. The summed E-state index contributed by atoms with van der Waals surface area (Å²) in [6.07, 6.45) is -1.68. The smallest absolute Gasteiger partial charge is 0.0742 e. The fraction of sp³-hybridized carbons (Fsp3) is 1.00. The third-order valence-corrected chi connectivity index (χ3v) is 0.893. The van der Waals surface area contributed by atoms with Crippen LogP contribution in [0.5, 0.6) is 0 Å². The molecule has 0 fully saturated rings. The van der Waals surface area contributed by atoms with E-state index >= 15 is 0 Å². The fourth-order valence-corrected chi connectivity index (χ4v) is 0. The number of aliphatic hydroxyl groups excluding tert-OH is 8. The van der Waals surface area contributed by atoms with Crippen LogP contribution in [0.25, 0.3) is 0 Å². The lowest BCUT2D eigenvalue weighted by Crippen LogP contribution is -2.03. The van der Waals surface area contributed by atoms with Crippen LogP contribution >= 0.6 is 0 Å². The van der Waals surface area contributed by atoms with E-state index < -0.39 is 18.3 Å². The molecule has 0 aromatic heterocycles. The molecule has 0 aliphatic rings. The van der Waals surface area contributed by atoms with Crippen LogP contribution in [0.3, 0.4) is 0 Å². The Bertz CT molecular complexity index is 98.2. The highest BCUT2D eigenvalue weighted by Crippen LogP contribution is 1.69. The molecule has 0 radical (unpaired) electrons. The van der Waals surface area contributed by atoms with E-state index in [4.69, 9.17) is 40.9 Å². The van der Waals surface area contributed by atoms with Gasteiger partial charge in [-0.25, -0.2) is 0 Å². The standard InChI is InChI=1S/3C3H8O2.C2H6O2/c3*1-3(5)2-4;3-1-2-4/h3*3-5H,2H2,1H3;3-4H,1-2H2. The van der Waals surface area contributed by atoms with E-state index in [0.717, 1.165) is 0 Å². The van der Waals surface area contributed by atoms with Crippen molar-refractivity contribution in [2.24, 2.45) is 0 Å². The zero-order chi connectivity index (χ0) is 16.3. The maximum atomic E-state index is 8.11. The molecule has 8 nitrogen and oxygen atoms in total. The van der Waals surface area contributed by atoms with E-state index in [1.54, 1.807) is 0 Å². The predicted octanol–water partition coefficient (Wildman–Crippen LogP) is -2.95. The first-order valence-corrected chi connectivity index (χ1v) is 5.81. The summed E-state index contributed by atoms with van der Waals surface area (Å²) in [5, 5.41) is 63.3. The van der Waals surface area contributed by atoms with Gasteiger partial charge in [0, 0.05) is 0 Å². The van der Waals surface area contributed by atoms with Crippen molar-refractivity contribution in [2.75, 3.05) is 33.0 Å². The molecule has 0 spiro atoms. The summed E-state index contributed by atoms with van der Waals surface area (Å²) in [6.45, 7) is 3.92. The average molecular weight is 290 g/mol. The first kappa shape index (κ1) is 27.1. The van der Waals surface area contributed by atoms with Crippen molar-refractivity contribution in [3.05, 3.63) is 0 Å². The van der Waals surface area contributed by atoms with Crippen LogP contribution in [0.15, 0.2) is 0 Å². The first-order chi connectivity index (χ1) is 8.72. The summed E-state index contributed by atoms with van der Waals surface area (Å²) >= 11 is 0. The summed E-state index contributed by atoms with van der Waals surface area (Å²) in [4.78, 5) is 0. The molecule has 122 valence electrons. The lowest BCUT2D eigenvalue weighted by molar-refractivity contribution is 0.110. The number of rotatable bonds is 4. The number of aliphatic hydroxyl groups is 8. The second-order valence-corrected chi connectivity index (χ2v) is 3.54. The van der Waals surface area contributed by atoms with Crippen molar-refractivity contribution >= 4 is 0 Å². The topological polar surface area (TPSA) is 162 Å². The van der Waals surface area contributed by atoms with Gasteiger partial charge in [-0.15, -0.1) is 0 Å². The zero-order valence-electron chi connectivity index (χ0n) is 11.8. The molecule has 0 aliphatic heterocycles. The Morgan fingerprint density at radius 2 is 0.632 bits per heavy atom. The molecule has 0 aromatic rings. The Kier molecular flexibility index (Phi) is 37.5. The molecule has 19 heavy (non-hydrogen) atoms. The van der Waals surface area contributed by atoms with E-state index in [1.165, 1.54) is 20.8 Å². The summed E-state index contributed by atoms with van der Waals surface area (Å²) in [6, 6.07) is 0. The first-order valence-electron chi connectivity index (χ1n) is 5.81. The number of hydrogen-bond acceptors (Lipinski definition) is 8. The van der Waals surface area contributed by atoms with Gasteiger partial charge in [0.15, 0.2) is 0 Å². The molecule has 0 aromatic carbocycles. The third-order valence-electron chi connectivity index (χ3n) is 0.893.